The van der Waals surface area contributed by atoms with Crippen molar-refractivity contribution in [3.05, 3.63) is 5.73 Å². The number of rotatable bonds is 79. The zero-order valence-electron chi connectivity index (χ0n) is 79.2. The molecule has 13 N–H and O–H groups in total. The summed E-state index contributed by atoms with van der Waals surface area (Å²) in [5, 5.41) is 31.5. The van der Waals surface area contributed by atoms with Crippen molar-refractivity contribution in [3.63, 3.8) is 0 Å². The average Bonchev–Trinajstić information content (AvgIpc) is 0.862. The summed E-state index contributed by atoms with van der Waals surface area (Å²) in [7, 11) is 14.3. The van der Waals surface area contributed by atoms with Crippen LogP contribution in [-0.2, 0) is 131 Å². The van der Waals surface area contributed by atoms with Gasteiger partial charge in [0.25, 0.3) is 0 Å². The molecule has 0 fully saturated rings. The maximum Gasteiger partial charge on any atom is 0.239 e. The van der Waals surface area contributed by atoms with E-state index in [-0.39, 0.29) is 252 Å². The first-order valence-corrected chi connectivity index (χ1v) is 45.6. The first-order chi connectivity index (χ1) is 60.8. The monoisotopic (exact) mass is 1990 g/mol. The van der Waals surface area contributed by atoms with Crippen LogP contribution >= 0.6 is 0 Å². The van der Waals surface area contributed by atoms with Crippen LogP contribution in [0.1, 0.15) is 284 Å². The van der Waals surface area contributed by atoms with Gasteiger partial charge in [0, 0.05) is 226 Å². The van der Waals surface area contributed by atoms with Crippen LogP contribution in [0.15, 0.2) is 0 Å². The smallest absolute Gasteiger partial charge is 0.239 e. The Bertz CT molecular complexity index is 2910. The third kappa shape index (κ3) is 86.8. The van der Waals surface area contributed by atoms with Crippen LogP contribution in [0, 0.1) is 5.41 Å². The molecule has 0 aromatic rings. The molecular weight excluding hydrogens is 1830 g/mol. The van der Waals surface area contributed by atoms with Gasteiger partial charge < -0.3 is 98.2 Å². The fourth-order valence-corrected chi connectivity index (χ4v) is 11.8. The second-order valence-electron chi connectivity index (χ2n) is 30.9. The fourth-order valence-electron chi connectivity index (χ4n) is 11.8. The Kier molecular flexibility index (Phi) is 90.3. The Morgan fingerprint density at radius 1 is 0.242 bits per heavy atom. The van der Waals surface area contributed by atoms with Gasteiger partial charge in [-0.05, 0) is 89.9 Å². The Morgan fingerprint density at radius 2 is 0.484 bits per heavy atom. The summed E-state index contributed by atoms with van der Waals surface area (Å²) in [6.07, 6.45) is 24.5. The van der Waals surface area contributed by atoms with Gasteiger partial charge in [0.2, 0.25) is 76.8 Å². The van der Waals surface area contributed by atoms with Crippen molar-refractivity contribution in [2.24, 2.45) is 5.41 Å². The number of unbranched alkanes of at least 4 members (excludes halogenated alkanes) is 16. The molecule has 128 heavy (non-hydrogen) atoms. The molecule has 0 aliphatic carbocycles. The van der Waals surface area contributed by atoms with E-state index >= 15 is 0 Å². The maximum atomic E-state index is 12.9. The van der Waals surface area contributed by atoms with Crippen LogP contribution in [0.2, 0.25) is 0 Å². The average molecular weight is 1990 g/mol. The zero-order valence-corrected chi connectivity index (χ0v) is 82.1. The molecule has 0 saturated carbocycles. The minimum Gasteiger partial charge on any atom is -0.668 e. The number of carbonyl (C=O) groups excluding carboxylic acids is 19. The summed E-state index contributed by atoms with van der Waals surface area (Å²) in [6.45, 7) is 5.63. The van der Waals surface area contributed by atoms with Crippen molar-refractivity contribution in [2.75, 3.05) is 169 Å². The van der Waals surface area contributed by atoms with Crippen LogP contribution in [0.25, 0.3) is 5.73 Å². The Hall–Kier alpha value is -8.58. The standard InChI is InChI=1S/C29H51N5O7.C28H52N6O6.C21H39N3O8.C11H21NO2.W/c1-30-25(37)15-8-5-4-7-14-24(36)21-34(22-28(40)33-20-12-6-9-16-26(38)31-2)29(41)19-18-23(35)13-10-11-17-27(39)32-3;1-29-24(36)15-9-5-4-8-14-23(35)20-34(21-27(39)32-18-12-6-10-16-25(37)30-2)22-28(40)33-19-13-7-11-17-26(38)31-3;1-4-17(25)5-9-29-13-21(14-30-10-6-18(22)26,15-31-11-7-19(27)23-2)16-32-12-8-20(28)24-3;1-3-10(13)8-6-4-5-7-9-11(14)12-2;/h4-22H2,1-3H3,(H,30,37)(H,31,38)(H,32,39)(H,33,40);4-22H2,1-3H3,(H,29,36)(H,30,37)(H,31,38)(H,32,39)(H,33,40);4-16H2,1-3H3,(H4,22,23,24,26,27,28);3-9H2,1-2H3,(H,12,14);/p-1. The van der Waals surface area contributed by atoms with Crippen molar-refractivity contribution in [1.82, 2.24) is 73.6 Å². The molecule has 0 radical (unpaired) electrons. The summed E-state index contributed by atoms with van der Waals surface area (Å²) in [4.78, 5) is 225. The number of hydrogen-bond donors (Lipinski definition) is 12. The number of nitrogens with one attached hydrogen (secondary N) is 13. The molecule has 0 heterocycles. The first-order valence-electron chi connectivity index (χ1n) is 45.6. The van der Waals surface area contributed by atoms with Gasteiger partial charge in [-0.2, -0.15) is 0 Å². The van der Waals surface area contributed by atoms with Gasteiger partial charge in [0.1, 0.15) is 23.1 Å². The molecule has 0 aromatic heterocycles. The Labute approximate surface area is 775 Å². The number of carbonyl (C=O) groups is 19. The van der Waals surface area contributed by atoms with Gasteiger partial charge in [-0.1, -0.05) is 71.6 Å². The van der Waals surface area contributed by atoms with Crippen LogP contribution in [0.5, 0.6) is 0 Å². The second kappa shape index (κ2) is 90.4. The van der Waals surface area contributed by atoms with Crippen molar-refractivity contribution >= 4 is 112 Å². The van der Waals surface area contributed by atoms with Crippen molar-refractivity contribution < 1.29 is 131 Å². The second-order valence-corrected chi connectivity index (χ2v) is 30.9. The Balaban J connectivity index is -0.000000549. The number of Topliss-reactive ketones (excluding diaryl/α,β-unsaturated/α-hetero) is 5. The number of ketones is 5. The molecule has 14 amide bonds. The van der Waals surface area contributed by atoms with Gasteiger partial charge >= 0.3 is 0 Å². The summed E-state index contributed by atoms with van der Waals surface area (Å²) in [5.41, 5.74) is 6.21. The molecule has 738 valence electrons. The third-order valence-electron chi connectivity index (χ3n) is 19.8. The SMILES string of the molecule is CCC(=O)CCCCCCC(=O)NC.CCC(=O)CCOCC(COCCC([NH-])=O)(COCCC(=O)NC)COCCC(=O)NC.CNC(=O)CCCCCCC(=O)CN(CC(=O)NCCCCCC(=O)NC)C(=O)CCC(=O)CCCCC(=O)NC.CNC(=O)CCCCCCC(=O)CN(CC(=O)NCCCCCC(=O)NC)CC(=O)NCCCCCC(=O)NC.[W]. The van der Waals surface area contributed by atoms with Gasteiger partial charge in [-0.15, -0.1) is 0 Å². The number of hydrogen-bond acceptors (Lipinski definition) is 24. The largest absolute Gasteiger partial charge is 0.668 e. The molecule has 0 spiro atoms. The van der Waals surface area contributed by atoms with E-state index in [0.717, 1.165) is 109 Å². The zero-order chi connectivity index (χ0) is 96.0. The van der Waals surface area contributed by atoms with E-state index in [1.165, 1.54) is 4.90 Å². The topological polar surface area (TPSA) is 536 Å². The molecule has 38 nitrogen and oxygen atoms in total. The van der Waals surface area contributed by atoms with E-state index in [1.54, 1.807) is 75.3 Å². The van der Waals surface area contributed by atoms with E-state index < -0.39 is 17.2 Å². The molecular formula is C89H162N15O23W-. The van der Waals surface area contributed by atoms with Crippen molar-refractivity contribution in [1.29, 1.82) is 0 Å². The molecule has 0 unspecified atom stereocenters. The quantitative estimate of drug-likeness (QED) is 0.0355. The van der Waals surface area contributed by atoms with Gasteiger partial charge in [0.15, 0.2) is 5.78 Å². The maximum absolute atomic E-state index is 12.9. The molecule has 0 atom stereocenters. The molecule has 0 bridgehead atoms. The summed E-state index contributed by atoms with van der Waals surface area (Å²) in [5.74, 6) is -2.24. The van der Waals surface area contributed by atoms with E-state index in [9.17, 15) is 91.1 Å². The fraction of sp³-hybridized carbons (Fsp3) is 0.787. The van der Waals surface area contributed by atoms with Crippen LogP contribution < -0.4 is 63.8 Å². The Morgan fingerprint density at radius 3 is 0.797 bits per heavy atom. The summed E-state index contributed by atoms with van der Waals surface area (Å²) >= 11 is 0. The number of nitrogens with zero attached hydrogens (tertiary/aromatic N) is 2. The van der Waals surface area contributed by atoms with Gasteiger partial charge in [-0.25, -0.2) is 0 Å². The third-order valence-corrected chi connectivity index (χ3v) is 19.8. The predicted octanol–water partition coefficient (Wildman–Crippen LogP) is 5.04. The molecule has 0 aliphatic heterocycles. The van der Waals surface area contributed by atoms with Gasteiger partial charge in [0.05, 0.1) is 96.9 Å². The van der Waals surface area contributed by atoms with Crippen LogP contribution in [-0.4, -0.2) is 290 Å². The van der Waals surface area contributed by atoms with E-state index in [2.05, 4.69) is 63.8 Å². The number of amides is 14. The molecule has 0 rings (SSSR count). The normalized spacial score (nSPS) is 10.5. The summed E-state index contributed by atoms with van der Waals surface area (Å²) in [6, 6.07) is 0. The minimum atomic E-state index is -0.786. The van der Waals surface area contributed by atoms with E-state index in [0.29, 0.717) is 135 Å². The van der Waals surface area contributed by atoms with Crippen LogP contribution in [0.3, 0.4) is 0 Å². The minimum absolute atomic E-state index is 0. The van der Waals surface area contributed by atoms with Crippen molar-refractivity contribution in [3.8, 4) is 0 Å². The number of ether oxygens (including phenoxy) is 4. The predicted molar refractivity (Wildman–Crippen MR) is 484 cm³/mol. The first kappa shape index (κ1) is 128. The van der Waals surface area contributed by atoms with E-state index in [4.69, 9.17) is 24.7 Å². The molecule has 0 aliphatic rings. The van der Waals surface area contributed by atoms with Gasteiger partial charge in [-0.3, -0.25) is 91.2 Å². The molecule has 39 heteroatoms. The summed E-state index contributed by atoms with van der Waals surface area (Å²) < 4.78 is 22.7. The molecule has 0 saturated heterocycles. The van der Waals surface area contributed by atoms with E-state index in [1.807, 2.05) is 6.92 Å². The van der Waals surface area contributed by atoms with Crippen LogP contribution in [0.4, 0.5) is 0 Å². The molecule has 0 aromatic carbocycles. The van der Waals surface area contributed by atoms with Crippen molar-refractivity contribution in [2.45, 2.75) is 284 Å².